The summed E-state index contributed by atoms with van der Waals surface area (Å²) in [5, 5.41) is 8.68. The van der Waals surface area contributed by atoms with Gasteiger partial charge in [0.1, 0.15) is 11.4 Å². The van der Waals surface area contributed by atoms with Gasteiger partial charge in [-0.2, -0.15) is 0 Å². The minimum atomic E-state index is -1.79. The summed E-state index contributed by atoms with van der Waals surface area (Å²) in [6.45, 7) is 11.4. The largest absolute Gasteiger partial charge is 0.588 e. The van der Waals surface area contributed by atoms with E-state index < -0.39 is 25.8 Å². The molecule has 0 aromatic heterocycles. The van der Waals surface area contributed by atoms with E-state index in [1.165, 1.54) is 0 Å². The Hall–Kier alpha value is -1.02. The van der Waals surface area contributed by atoms with Gasteiger partial charge in [0.25, 0.3) is 0 Å². The standard InChI is InChI=1S/C14H23NO4SSi/c1-14(2,3)21(4,5)19-10-11-6-8-12(9-7-11)20(18)15-13(16)17/h6-9,15H,10H2,1-5H3,(H,16,17)/t20-/m0/s1. The third kappa shape index (κ3) is 5.35. The number of carbonyl (C=O) groups is 1. The molecule has 0 aliphatic carbocycles. The van der Waals surface area contributed by atoms with Crippen molar-refractivity contribution in [2.45, 2.75) is 50.4 Å². The molecule has 0 radical (unpaired) electrons. The zero-order valence-electron chi connectivity index (χ0n) is 13.1. The molecule has 1 aromatic carbocycles. The van der Waals surface area contributed by atoms with Crippen molar-refractivity contribution < 1.29 is 18.9 Å². The molecular formula is C14H23NO4SSi. The Balaban J connectivity index is 2.65. The molecular weight excluding hydrogens is 306 g/mol. The highest BCUT2D eigenvalue weighted by Crippen LogP contribution is 2.37. The van der Waals surface area contributed by atoms with Crippen LogP contribution in [0.2, 0.25) is 18.1 Å². The molecule has 0 spiro atoms. The van der Waals surface area contributed by atoms with E-state index in [0.29, 0.717) is 11.5 Å². The molecule has 0 aliphatic heterocycles. The van der Waals surface area contributed by atoms with Crippen molar-refractivity contribution in [3.63, 3.8) is 0 Å². The lowest BCUT2D eigenvalue weighted by Gasteiger charge is -2.36. The molecule has 21 heavy (non-hydrogen) atoms. The first kappa shape index (κ1) is 18.0. The van der Waals surface area contributed by atoms with Crippen molar-refractivity contribution in [3.05, 3.63) is 29.8 Å². The van der Waals surface area contributed by atoms with Gasteiger partial charge in [0.05, 0.1) is 6.61 Å². The highest BCUT2D eigenvalue weighted by Gasteiger charge is 2.37. The molecule has 1 atom stereocenters. The second kappa shape index (κ2) is 6.82. The highest BCUT2D eigenvalue weighted by molar-refractivity contribution is 7.90. The molecule has 0 saturated heterocycles. The number of amides is 1. The van der Waals surface area contributed by atoms with Gasteiger partial charge in [0.2, 0.25) is 0 Å². The van der Waals surface area contributed by atoms with E-state index in [1.54, 1.807) is 12.1 Å². The molecule has 0 heterocycles. The molecule has 0 saturated carbocycles. The van der Waals surface area contributed by atoms with E-state index >= 15 is 0 Å². The van der Waals surface area contributed by atoms with E-state index in [1.807, 2.05) is 16.9 Å². The van der Waals surface area contributed by atoms with Crippen LogP contribution < -0.4 is 4.72 Å². The van der Waals surface area contributed by atoms with Crippen LogP contribution in [-0.4, -0.2) is 24.1 Å². The van der Waals surface area contributed by atoms with Crippen molar-refractivity contribution in [1.29, 1.82) is 0 Å². The Morgan fingerprint density at radius 1 is 1.33 bits per heavy atom. The summed E-state index contributed by atoms with van der Waals surface area (Å²) in [6.07, 6.45) is -1.31. The van der Waals surface area contributed by atoms with Gasteiger partial charge in [0.15, 0.2) is 13.2 Å². The number of carboxylic acid groups (broad SMARTS) is 1. The Labute approximate surface area is 130 Å². The number of hydrogen-bond acceptors (Lipinski definition) is 3. The van der Waals surface area contributed by atoms with E-state index in [2.05, 4.69) is 33.9 Å². The first-order chi connectivity index (χ1) is 9.53. The van der Waals surface area contributed by atoms with Gasteiger partial charge in [-0.15, -0.1) is 4.72 Å². The minimum absolute atomic E-state index is 0.153. The van der Waals surface area contributed by atoms with E-state index in [0.717, 1.165) is 5.56 Å². The molecule has 5 nitrogen and oxygen atoms in total. The molecule has 0 unspecified atom stereocenters. The lowest BCUT2D eigenvalue weighted by molar-refractivity contribution is 0.201. The van der Waals surface area contributed by atoms with Crippen LogP contribution in [0.4, 0.5) is 4.79 Å². The van der Waals surface area contributed by atoms with Crippen molar-refractivity contribution in [3.8, 4) is 0 Å². The van der Waals surface area contributed by atoms with Crippen molar-refractivity contribution >= 4 is 25.8 Å². The fourth-order valence-corrected chi connectivity index (χ4v) is 2.95. The van der Waals surface area contributed by atoms with Gasteiger partial charge in [-0.05, 0) is 35.8 Å². The predicted molar refractivity (Wildman–Crippen MR) is 86.0 cm³/mol. The van der Waals surface area contributed by atoms with Gasteiger partial charge in [0, 0.05) is 0 Å². The number of rotatable bonds is 5. The number of nitrogens with one attached hydrogen (secondary N) is 1. The molecule has 118 valence electrons. The molecule has 1 aromatic rings. The monoisotopic (exact) mass is 329 g/mol. The Bertz CT molecular complexity index is 485. The van der Waals surface area contributed by atoms with E-state index in [-0.39, 0.29) is 5.04 Å². The zero-order valence-corrected chi connectivity index (χ0v) is 14.9. The fraction of sp³-hybridized carbons (Fsp3) is 0.500. The second-order valence-electron chi connectivity index (χ2n) is 6.37. The Kier molecular flexibility index (Phi) is 5.86. The minimum Gasteiger partial charge on any atom is -0.588 e. The van der Waals surface area contributed by atoms with Crippen LogP contribution >= 0.6 is 0 Å². The summed E-state index contributed by atoms with van der Waals surface area (Å²) in [5.74, 6) is 0. The number of hydrogen-bond donors (Lipinski definition) is 2. The van der Waals surface area contributed by atoms with E-state index in [9.17, 15) is 9.35 Å². The molecule has 0 bridgehead atoms. The van der Waals surface area contributed by atoms with Crippen LogP contribution in [0.3, 0.4) is 0 Å². The summed E-state index contributed by atoms with van der Waals surface area (Å²) < 4.78 is 19.6. The molecule has 0 fully saturated rings. The maximum absolute atomic E-state index is 11.6. The van der Waals surface area contributed by atoms with Crippen LogP contribution in [0, 0.1) is 0 Å². The van der Waals surface area contributed by atoms with Gasteiger partial charge in [-0.3, -0.25) is 0 Å². The Morgan fingerprint density at radius 3 is 2.29 bits per heavy atom. The zero-order chi connectivity index (χ0) is 16.3. The lowest BCUT2D eigenvalue weighted by Crippen LogP contribution is -2.40. The van der Waals surface area contributed by atoms with Gasteiger partial charge in [-0.25, -0.2) is 4.79 Å². The van der Waals surface area contributed by atoms with Crippen LogP contribution in [-0.2, 0) is 22.4 Å². The highest BCUT2D eigenvalue weighted by atomic mass is 32.2. The third-order valence-electron chi connectivity index (χ3n) is 3.72. The summed E-state index contributed by atoms with van der Waals surface area (Å²) in [6, 6.07) is 6.92. The first-order valence-electron chi connectivity index (χ1n) is 6.67. The van der Waals surface area contributed by atoms with Crippen LogP contribution in [0.25, 0.3) is 0 Å². The van der Waals surface area contributed by atoms with Crippen molar-refractivity contribution in [1.82, 2.24) is 4.72 Å². The molecule has 1 amide bonds. The SMILES string of the molecule is CC(C)(C)[Si](C)(C)OCc1ccc([S@+]([O-])NC(=O)O)cc1. The lowest BCUT2D eigenvalue weighted by atomic mass is 10.2. The van der Waals surface area contributed by atoms with Gasteiger partial charge < -0.3 is 14.1 Å². The molecule has 0 aliphatic rings. The third-order valence-corrected chi connectivity index (χ3v) is 9.26. The summed E-state index contributed by atoms with van der Waals surface area (Å²) in [5.41, 5.74) is 0.982. The van der Waals surface area contributed by atoms with Crippen LogP contribution in [0.1, 0.15) is 26.3 Å². The van der Waals surface area contributed by atoms with Gasteiger partial charge in [-0.1, -0.05) is 32.9 Å². The smallest absolute Gasteiger partial charge is 0.446 e. The quantitative estimate of drug-likeness (QED) is 0.640. The van der Waals surface area contributed by atoms with Crippen LogP contribution in [0.5, 0.6) is 0 Å². The maximum atomic E-state index is 11.6. The first-order valence-corrected chi connectivity index (χ1v) is 10.7. The average Bonchev–Trinajstić information content (AvgIpc) is 2.35. The summed E-state index contributed by atoms with van der Waals surface area (Å²) in [4.78, 5) is 10.9. The van der Waals surface area contributed by atoms with E-state index in [4.69, 9.17) is 9.53 Å². The normalized spacial score (nSPS) is 13.8. The Morgan fingerprint density at radius 2 is 1.86 bits per heavy atom. The maximum Gasteiger partial charge on any atom is 0.446 e. The average molecular weight is 329 g/mol. The number of benzene rings is 1. The summed E-state index contributed by atoms with van der Waals surface area (Å²) in [7, 11) is -1.79. The molecule has 7 heteroatoms. The fourth-order valence-electron chi connectivity index (χ4n) is 1.33. The summed E-state index contributed by atoms with van der Waals surface area (Å²) >= 11 is -1.74. The molecule has 2 N–H and O–H groups in total. The van der Waals surface area contributed by atoms with Gasteiger partial charge >= 0.3 is 6.09 Å². The molecule has 1 rings (SSSR count). The second-order valence-corrected chi connectivity index (χ2v) is 12.4. The predicted octanol–water partition coefficient (Wildman–Crippen LogP) is 3.50. The van der Waals surface area contributed by atoms with Crippen LogP contribution in [0.15, 0.2) is 29.2 Å². The van der Waals surface area contributed by atoms with Crippen molar-refractivity contribution in [2.75, 3.05) is 0 Å². The topological polar surface area (TPSA) is 81.6 Å². The van der Waals surface area contributed by atoms with Crippen molar-refractivity contribution in [2.24, 2.45) is 0 Å².